The number of hydrogen-bond donors (Lipinski definition) is 1. The van der Waals surface area contributed by atoms with E-state index in [1.165, 1.54) is 0 Å². The third-order valence-electron chi connectivity index (χ3n) is 3.99. The topological polar surface area (TPSA) is 93.7 Å². The number of piperidine rings is 1. The third kappa shape index (κ3) is 17.5. The Morgan fingerprint density at radius 1 is 0.724 bits per heavy atom. The van der Waals surface area contributed by atoms with Crippen LogP contribution < -0.4 is 5.32 Å². The van der Waals surface area contributed by atoms with Crippen LogP contribution in [-0.4, -0.2) is 104 Å². The second kappa shape index (κ2) is 20.2. The predicted molar refractivity (Wildman–Crippen MR) is 107 cm³/mol. The Kier molecular flexibility index (Phi) is 18.1. The average molecular weight is 420 g/mol. The van der Waals surface area contributed by atoms with Gasteiger partial charge < -0.3 is 38.5 Å². The molecule has 0 aromatic rings. The molecule has 1 N–H and O–H groups in total. The number of rotatable bonds is 20. The van der Waals surface area contributed by atoms with Gasteiger partial charge in [0.25, 0.3) is 0 Å². The van der Waals surface area contributed by atoms with Crippen LogP contribution in [0, 0.1) is 0 Å². The minimum absolute atomic E-state index is 0.213. The summed E-state index contributed by atoms with van der Waals surface area (Å²) in [6, 6.07) is 0. The van der Waals surface area contributed by atoms with Crippen LogP contribution in [0.5, 0.6) is 0 Å². The summed E-state index contributed by atoms with van der Waals surface area (Å²) >= 11 is 0. The highest BCUT2D eigenvalue weighted by Gasteiger charge is 2.12. The maximum atomic E-state index is 10.8. The average Bonchev–Trinajstić information content (AvgIpc) is 2.75. The molecule has 0 unspecified atom stereocenters. The first-order valence-corrected chi connectivity index (χ1v) is 10.3. The molecule has 9 nitrogen and oxygen atoms in total. The summed E-state index contributed by atoms with van der Waals surface area (Å²) in [5.41, 5.74) is 0. The Morgan fingerprint density at radius 2 is 1.14 bits per heavy atom. The number of carbonyl (C=O) groups is 1. The first-order valence-electron chi connectivity index (χ1n) is 10.3. The van der Waals surface area contributed by atoms with Crippen molar-refractivity contribution in [3.8, 4) is 0 Å². The normalized spacial score (nSPS) is 14.8. The molecule has 0 aliphatic carbocycles. The molecule has 1 fully saturated rings. The molecule has 0 atom stereocenters. The van der Waals surface area contributed by atoms with Gasteiger partial charge in [0.15, 0.2) is 0 Å². The van der Waals surface area contributed by atoms with Gasteiger partial charge in [0, 0.05) is 6.08 Å². The zero-order chi connectivity index (χ0) is 20.8. The maximum Gasteiger partial charge on any atom is 0.330 e. The largest absolute Gasteiger partial charge is 0.460 e. The van der Waals surface area contributed by atoms with E-state index in [-0.39, 0.29) is 6.61 Å². The summed E-state index contributed by atoms with van der Waals surface area (Å²) in [5, 5.41) is 3.31. The molecular formula is C20H37NO8. The van der Waals surface area contributed by atoms with Gasteiger partial charge in [-0.25, -0.2) is 4.79 Å². The van der Waals surface area contributed by atoms with Crippen molar-refractivity contribution in [3.63, 3.8) is 0 Å². The fourth-order valence-electron chi connectivity index (χ4n) is 2.48. The van der Waals surface area contributed by atoms with Gasteiger partial charge in [0.05, 0.1) is 78.8 Å². The van der Waals surface area contributed by atoms with Crippen LogP contribution in [0.15, 0.2) is 12.7 Å². The van der Waals surface area contributed by atoms with Crippen LogP contribution >= 0.6 is 0 Å². The monoisotopic (exact) mass is 419 g/mol. The Morgan fingerprint density at radius 3 is 1.59 bits per heavy atom. The van der Waals surface area contributed by atoms with Crippen molar-refractivity contribution >= 4 is 5.97 Å². The van der Waals surface area contributed by atoms with Crippen molar-refractivity contribution in [1.82, 2.24) is 5.32 Å². The molecule has 1 aliphatic heterocycles. The van der Waals surface area contributed by atoms with Crippen molar-refractivity contribution in [2.24, 2.45) is 0 Å². The van der Waals surface area contributed by atoms with E-state index in [1.807, 2.05) is 0 Å². The SMILES string of the molecule is C=CC(=O)OCCOCCOCCOCCOCCOCCOC1CCNCC1. The van der Waals surface area contributed by atoms with Crippen molar-refractivity contribution < 1.29 is 38.0 Å². The summed E-state index contributed by atoms with van der Waals surface area (Å²) in [7, 11) is 0. The first-order chi connectivity index (χ1) is 14.3. The lowest BCUT2D eigenvalue weighted by molar-refractivity contribution is -0.139. The Balaban J connectivity index is 1.66. The fourth-order valence-corrected chi connectivity index (χ4v) is 2.48. The van der Waals surface area contributed by atoms with Gasteiger partial charge in [-0.3, -0.25) is 0 Å². The van der Waals surface area contributed by atoms with Crippen molar-refractivity contribution in [2.45, 2.75) is 18.9 Å². The number of hydrogen-bond acceptors (Lipinski definition) is 9. The van der Waals surface area contributed by atoms with E-state index >= 15 is 0 Å². The molecule has 1 saturated heterocycles. The lowest BCUT2D eigenvalue weighted by Gasteiger charge is -2.22. The third-order valence-corrected chi connectivity index (χ3v) is 3.99. The summed E-state index contributed by atoms with van der Waals surface area (Å²) in [6.45, 7) is 11.2. The molecule has 0 aromatic carbocycles. The van der Waals surface area contributed by atoms with Gasteiger partial charge in [-0.15, -0.1) is 0 Å². The molecule has 0 radical (unpaired) electrons. The molecule has 0 saturated carbocycles. The molecule has 0 spiro atoms. The Labute approximate surface area is 173 Å². The Bertz CT molecular complexity index is 391. The number of nitrogens with one attached hydrogen (secondary N) is 1. The van der Waals surface area contributed by atoms with Crippen molar-refractivity contribution in [3.05, 3.63) is 12.7 Å². The van der Waals surface area contributed by atoms with E-state index < -0.39 is 5.97 Å². The molecule has 1 rings (SSSR count). The second-order valence-electron chi connectivity index (χ2n) is 6.25. The van der Waals surface area contributed by atoms with Crippen molar-refractivity contribution in [1.29, 1.82) is 0 Å². The lowest BCUT2D eigenvalue weighted by atomic mass is 10.1. The number of esters is 1. The lowest BCUT2D eigenvalue weighted by Crippen LogP contribution is -2.33. The van der Waals surface area contributed by atoms with Crippen LogP contribution in [0.4, 0.5) is 0 Å². The van der Waals surface area contributed by atoms with Gasteiger partial charge in [-0.05, 0) is 25.9 Å². The van der Waals surface area contributed by atoms with Gasteiger partial charge in [-0.1, -0.05) is 6.58 Å². The van der Waals surface area contributed by atoms with E-state index in [9.17, 15) is 4.79 Å². The smallest absolute Gasteiger partial charge is 0.330 e. The summed E-state index contributed by atoms with van der Waals surface area (Å²) in [5.74, 6) is -0.448. The predicted octanol–water partition coefficient (Wildman–Crippen LogP) is 0.567. The van der Waals surface area contributed by atoms with Crippen LogP contribution in [0.25, 0.3) is 0 Å². The first kappa shape index (κ1) is 26.0. The molecule has 0 aromatic heterocycles. The van der Waals surface area contributed by atoms with Crippen LogP contribution in [0.2, 0.25) is 0 Å². The molecule has 1 heterocycles. The van der Waals surface area contributed by atoms with E-state index in [4.69, 9.17) is 33.2 Å². The Hall–Kier alpha value is -1.07. The summed E-state index contributed by atoms with van der Waals surface area (Å²) < 4.78 is 37.5. The molecule has 0 bridgehead atoms. The highest BCUT2D eigenvalue weighted by molar-refractivity contribution is 5.81. The van der Waals surface area contributed by atoms with Crippen LogP contribution in [-0.2, 0) is 38.0 Å². The van der Waals surface area contributed by atoms with E-state index in [1.54, 1.807) is 0 Å². The molecule has 9 heteroatoms. The quantitative estimate of drug-likeness (QED) is 0.173. The summed E-state index contributed by atoms with van der Waals surface area (Å²) in [4.78, 5) is 10.8. The van der Waals surface area contributed by atoms with Gasteiger partial charge in [0.2, 0.25) is 0 Å². The zero-order valence-electron chi connectivity index (χ0n) is 17.4. The molecule has 170 valence electrons. The van der Waals surface area contributed by atoms with Crippen molar-refractivity contribution in [2.75, 3.05) is 92.4 Å². The highest BCUT2D eigenvalue weighted by atomic mass is 16.6. The minimum Gasteiger partial charge on any atom is -0.460 e. The number of carbonyl (C=O) groups excluding carboxylic acids is 1. The standard InChI is InChI=1S/C20H37NO8/c1-2-20(22)29-18-16-27-14-12-25-10-8-23-7-9-24-11-13-26-15-17-28-19-3-5-21-6-4-19/h2,19,21H,1,3-18H2. The van der Waals surface area contributed by atoms with Gasteiger partial charge in [0.1, 0.15) is 6.61 Å². The highest BCUT2D eigenvalue weighted by Crippen LogP contribution is 2.06. The molecular weight excluding hydrogens is 382 g/mol. The number of ether oxygens (including phenoxy) is 7. The molecule has 1 aliphatic rings. The van der Waals surface area contributed by atoms with Gasteiger partial charge in [-0.2, -0.15) is 0 Å². The van der Waals surface area contributed by atoms with E-state index in [0.717, 1.165) is 32.0 Å². The fraction of sp³-hybridized carbons (Fsp3) is 0.850. The van der Waals surface area contributed by atoms with Crippen LogP contribution in [0.3, 0.4) is 0 Å². The molecule has 29 heavy (non-hydrogen) atoms. The van der Waals surface area contributed by atoms with E-state index in [2.05, 4.69) is 11.9 Å². The van der Waals surface area contributed by atoms with Crippen LogP contribution in [0.1, 0.15) is 12.8 Å². The second-order valence-corrected chi connectivity index (χ2v) is 6.25. The van der Waals surface area contributed by atoms with E-state index in [0.29, 0.717) is 78.8 Å². The summed E-state index contributed by atoms with van der Waals surface area (Å²) in [6.07, 6.45) is 3.65. The van der Waals surface area contributed by atoms with Gasteiger partial charge >= 0.3 is 5.97 Å². The zero-order valence-corrected chi connectivity index (χ0v) is 17.4. The molecule has 0 amide bonds. The maximum absolute atomic E-state index is 10.8. The minimum atomic E-state index is -0.448.